The number of hydrogen-bond acceptors (Lipinski definition) is 4. The number of ketones is 1. The minimum absolute atomic E-state index is 0.0599. The Labute approximate surface area is 153 Å². The number of carbonyl (C=O) groups excluding carboxylic acids is 1. The second kappa shape index (κ2) is 7.66. The summed E-state index contributed by atoms with van der Waals surface area (Å²) in [6, 6.07) is 15.0. The third kappa shape index (κ3) is 4.17. The van der Waals surface area contributed by atoms with Crippen LogP contribution in [0.3, 0.4) is 0 Å². The first-order valence-electron chi connectivity index (χ1n) is 7.92. The average Bonchev–Trinajstić information content (AvgIpc) is 2.60. The van der Waals surface area contributed by atoms with E-state index in [1.54, 1.807) is 24.3 Å². The van der Waals surface area contributed by atoms with Crippen LogP contribution in [0.1, 0.15) is 28.4 Å². The van der Waals surface area contributed by atoms with Crippen LogP contribution < -0.4 is 10.4 Å². The van der Waals surface area contributed by atoms with Gasteiger partial charge in [0, 0.05) is 16.8 Å². The standard InChI is InChI=1S/C20H17BrO4/c1-13(22)18-10-16-6-7-17(11-19(16)25-20(18)23)24-12-15-4-2-14(3-5-15)8-9-21/h2-7,10-11H,8-9,12H2,1H3. The van der Waals surface area contributed by atoms with Gasteiger partial charge in [0.15, 0.2) is 5.78 Å². The van der Waals surface area contributed by atoms with E-state index in [0.717, 1.165) is 17.3 Å². The predicted molar refractivity (Wildman–Crippen MR) is 101 cm³/mol. The minimum Gasteiger partial charge on any atom is -0.489 e. The molecule has 3 aromatic rings. The molecule has 0 aliphatic heterocycles. The van der Waals surface area contributed by atoms with Crippen molar-refractivity contribution in [1.29, 1.82) is 0 Å². The molecule has 5 heteroatoms. The highest BCUT2D eigenvalue weighted by Crippen LogP contribution is 2.21. The Hall–Kier alpha value is -2.40. The highest BCUT2D eigenvalue weighted by atomic mass is 79.9. The first-order valence-corrected chi connectivity index (χ1v) is 9.04. The highest BCUT2D eigenvalue weighted by Gasteiger charge is 2.10. The smallest absolute Gasteiger partial charge is 0.347 e. The SMILES string of the molecule is CC(=O)c1cc2ccc(OCc3ccc(CCBr)cc3)cc2oc1=O. The van der Waals surface area contributed by atoms with Gasteiger partial charge in [0.2, 0.25) is 0 Å². The molecule has 0 unspecified atom stereocenters. The van der Waals surface area contributed by atoms with Gasteiger partial charge in [-0.15, -0.1) is 0 Å². The molecular weight excluding hydrogens is 384 g/mol. The van der Waals surface area contributed by atoms with Crippen molar-refractivity contribution in [3.8, 4) is 5.75 Å². The molecule has 1 heterocycles. The lowest BCUT2D eigenvalue weighted by Gasteiger charge is -2.08. The fourth-order valence-corrected chi connectivity index (χ4v) is 2.96. The minimum atomic E-state index is -0.625. The van der Waals surface area contributed by atoms with E-state index in [1.807, 2.05) is 12.1 Å². The Morgan fingerprint density at radius 1 is 1.08 bits per heavy atom. The van der Waals surface area contributed by atoms with E-state index in [9.17, 15) is 9.59 Å². The average molecular weight is 401 g/mol. The summed E-state index contributed by atoms with van der Waals surface area (Å²) >= 11 is 3.43. The number of fused-ring (bicyclic) bond motifs is 1. The zero-order chi connectivity index (χ0) is 17.8. The number of aryl methyl sites for hydroxylation is 1. The second-order valence-corrected chi connectivity index (χ2v) is 6.54. The van der Waals surface area contributed by atoms with E-state index in [1.165, 1.54) is 12.5 Å². The van der Waals surface area contributed by atoms with Crippen LogP contribution in [0.15, 0.2) is 57.7 Å². The zero-order valence-electron chi connectivity index (χ0n) is 13.8. The summed E-state index contributed by atoms with van der Waals surface area (Å²) < 4.78 is 11.0. The van der Waals surface area contributed by atoms with Gasteiger partial charge in [-0.1, -0.05) is 40.2 Å². The van der Waals surface area contributed by atoms with Gasteiger partial charge in [0.1, 0.15) is 23.5 Å². The molecule has 4 nitrogen and oxygen atoms in total. The first-order chi connectivity index (χ1) is 12.1. The summed E-state index contributed by atoms with van der Waals surface area (Å²) in [4.78, 5) is 23.2. The van der Waals surface area contributed by atoms with Gasteiger partial charge in [0.25, 0.3) is 0 Å². The highest BCUT2D eigenvalue weighted by molar-refractivity contribution is 9.09. The van der Waals surface area contributed by atoms with Gasteiger partial charge in [-0.25, -0.2) is 4.79 Å². The van der Waals surface area contributed by atoms with Gasteiger partial charge in [-0.2, -0.15) is 0 Å². The molecule has 0 aliphatic rings. The Bertz CT molecular complexity index is 958. The molecule has 0 fully saturated rings. The summed E-state index contributed by atoms with van der Waals surface area (Å²) in [5, 5.41) is 1.63. The summed E-state index contributed by atoms with van der Waals surface area (Å²) in [6.07, 6.45) is 0.993. The molecular formula is C20H17BrO4. The molecule has 25 heavy (non-hydrogen) atoms. The van der Waals surface area contributed by atoms with Crippen molar-refractivity contribution in [2.75, 3.05) is 5.33 Å². The molecule has 2 aromatic carbocycles. The lowest BCUT2D eigenvalue weighted by molar-refractivity contribution is 0.101. The molecule has 0 saturated heterocycles. The zero-order valence-corrected chi connectivity index (χ0v) is 15.3. The first kappa shape index (κ1) is 17.4. The molecule has 0 bridgehead atoms. The number of halogens is 1. The van der Waals surface area contributed by atoms with Gasteiger partial charge in [-0.3, -0.25) is 4.79 Å². The molecule has 3 rings (SSSR count). The van der Waals surface area contributed by atoms with Gasteiger partial charge < -0.3 is 9.15 Å². The molecule has 128 valence electrons. The maximum Gasteiger partial charge on any atom is 0.347 e. The van der Waals surface area contributed by atoms with Crippen LogP contribution in [0.2, 0.25) is 0 Å². The number of ether oxygens (including phenoxy) is 1. The summed E-state index contributed by atoms with van der Waals surface area (Å²) in [6.45, 7) is 1.77. The van der Waals surface area contributed by atoms with Crippen LogP contribution in [0, 0.1) is 0 Å². The summed E-state index contributed by atoms with van der Waals surface area (Å²) in [7, 11) is 0. The van der Waals surface area contributed by atoms with E-state index < -0.39 is 5.63 Å². The van der Waals surface area contributed by atoms with Crippen LogP contribution in [0.25, 0.3) is 11.0 Å². The molecule has 1 aromatic heterocycles. The van der Waals surface area contributed by atoms with E-state index >= 15 is 0 Å². The molecule has 0 atom stereocenters. The normalized spacial score (nSPS) is 10.8. The van der Waals surface area contributed by atoms with Crippen LogP contribution >= 0.6 is 15.9 Å². The maximum atomic E-state index is 11.8. The third-order valence-electron chi connectivity index (χ3n) is 3.90. The maximum absolute atomic E-state index is 11.8. The number of carbonyl (C=O) groups is 1. The van der Waals surface area contributed by atoms with Crippen molar-refractivity contribution >= 4 is 32.7 Å². The predicted octanol–water partition coefficient (Wildman–Crippen LogP) is 4.51. The Morgan fingerprint density at radius 3 is 2.48 bits per heavy atom. The number of Topliss-reactive ketones (excluding diaryl/α,β-unsaturated/α-hetero) is 1. The summed E-state index contributed by atoms with van der Waals surface area (Å²) in [5.41, 5.74) is 2.17. The lowest BCUT2D eigenvalue weighted by Crippen LogP contribution is -2.10. The third-order valence-corrected chi connectivity index (χ3v) is 4.29. The quantitative estimate of drug-likeness (QED) is 0.347. The van der Waals surface area contributed by atoms with Crippen molar-refractivity contribution in [2.24, 2.45) is 0 Å². The number of benzene rings is 2. The largest absolute Gasteiger partial charge is 0.489 e. The van der Waals surface area contributed by atoms with Crippen molar-refractivity contribution in [1.82, 2.24) is 0 Å². The summed E-state index contributed by atoms with van der Waals surface area (Å²) in [5.74, 6) is 0.301. The molecule has 0 amide bonds. The van der Waals surface area contributed by atoms with Gasteiger partial charge in [-0.05, 0) is 42.7 Å². The lowest BCUT2D eigenvalue weighted by atomic mass is 10.1. The van der Waals surface area contributed by atoms with E-state index in [2.05, 4.69) is 28.1 Å². The Balaban J connectivity index is 1.76. The second-order valence-electron chi connectivity index (χ2n) is 5.75. The fraction of sp³-hybridized carbons (Fsp3) is 0.200. The van der Waals surface area contributed by atoms with Crippen molar-refractivity contribution in [3.63, 3.8) is 0 Å². The molecule has 0 N–H and O–H groups in total. The van der Waals surface area contributed by atoms with E-state index in [4.69, 9.17) is 9.15 Å². The van der Waals surface area contributed by atoms with Gasteiger partial charge in [0.05, 0.1) is 0 Å². The fourth-order valence-electron chi connectivity index (χ4n) is 2.50. The van der Waals surface area contributed by atoms with Crippen molar-refractivity contribution < 1.29 is 13.9 Å². The number of alkyl halides is 1. The van der Waals surface area contributed by atoms with E-state index in [-0.39, 0.29) is 11.3 Å². The number of rotatable bonds is 6. The van der Waals surface area contributed by atoms with Crippen LogP contribution in [-0.2, 0) is 13.0 Å². The Kier molecular flexibility index (Phi) is 5.34. The van der Waals surface area contributed by atoms with Crippen LogP contribution in [-0.4, -0.2) is 11.1 Å². The molecule has 0 saturated carbocycles. The van der Waals surface area contributed by atoms with Crippen molar-refractivity contribution in [3.05, 3.63) is 75.6 Å². The van der Waals surface area contributed by atoms with E-state index in [0.29, 0.717) is 23.3 Å². The van der Waals surface area contributed by atoms with Crippen LogP contribution in [0.4, 0.5) is 0 Å². The topological polar surface area (TPSA) is 56.5 Å². The Morgan fingerprint density at radius 2 is 1.80 bits per heavy atom. The number of hydrogen-bond donors (Lipinski definition) is 0. The van der Waals surface area contributed by atoms with Crippen LogP contribution in [0.5, 0.6) is 5.75 Å². The van der Waals surface area contributed by atoms with Crippen molar-refractivity contribution in [2.45, 2.75) is 20.0 Å². The molecule has 0 aliphatic carbocycles. The molecule has 0 spiro atoms. The monoisotopic (exact) mass is 400 g/mol. The van der Waals surface area contributed by atoms with Gasteiger partial charge >= 0.3 is 5.63 Å². The molecule has 0 radical (unpaired) electrons.